The molecule has 0 atom stereocenters. The van der Waals surface area contributed by atoms with E-state index in [0.29, 0.717) is 59.0 Å². The van der Waals surface area contributed by atoms with E-state index in [0.717, 1.165) is 12.1 Å². The molecule has 0 unspecified atom stereocenters. The Labute approximate surface area is 173 Å². The Morgan fingerprint density at radius 2 is 1.55 bits per heavy atom. The normalized spacial score (nSPS) is 20.2. The molecular weight excluding hydrogens is 392 g/mol. The summed E-state index contributed by atoms with van der Waals surface area (Å²) in [5.74, 6) is 0. The van der Waals surface area contributed by atoms with Gasteiger partial charge in [0, 0.05) is 58.9 Å². The topological polar surface area (TPSA) is 73.4 Å². The van der Waals surface area contributed by atoms with Crippen LogP contribution in [0.15, 0.2) is 36.4 Å². The first-order valence-electron chi connectivity index (χ1n) is 10.1. The van der Waals surface area contributed by atoms with Gasteiger partial charge < -0.3 is 9.64 Å². The van der Waals surface area contributed by atoms with Crippen molar-refractivity contribution >= 4 is 22.4 Å². The van der Waals surface area contributed by atoms with E-state index in [2.05, 4.69) is 29.2 Å². The molecule has 2 aliphatic rings. The molecule has 29 heavy (non-hydrogen) atoms. The van der Waals surface area contributed by atoms with Crippen LogP contribution < -0.4 is 0 Å². The zero-order chi connectivity index (χ0) is 20.7. The first kappa shape index (κ1) is 21.8. The molecule has 0 spiro atoms. The molecule has 8 nitrogen and oxygen atoms in total. The standard InChI is InChI=1S/C20H30N4O4S/c1-2-28-20(25)22-13-17-24(18-14-22)29(26,27)23-15-11-21(12-16-23)10-6-9-19-7-4-3-5-8-19/h3-9H,2,10-18H2,1H3/b9-6+. The summed E-state index contributed by atoms with van der Waals surface area (Å²) in [5, 5.41) is 0. The van der Waals surface area contributed by atoms with Gasteiger partial charge in [0.2, 0.25) is 0 Å². The summed E-state index contributed by atoms with van der Waals surface area (Å²) in [6, 6.07) is 10.1. The summed E-state index contributed by atoms with van der Waals surface area (Å²) in [4.78, 5) is 15.6. The van der Waals surface area contributed by atoms with Crippen LogP contribution in [0.1, 0.15) is 12.5 Å². The molecule has 3 rings (SSSR count). The molecule has 0 saturated carbocycles. The lowest BCUT2D eigenvalue weighted by atomic mass is 10.2. The van der Waals surface area contributed by atoms with Gasteiger partial charge in [-0.05, 0) is 12.5 Å². The number of benzene rings is 1. The van der Waals surface area contributed by atoms with Gasteiger partial charge in [-0.1, -0.05) is 42.5 Å². The minimum Gasteiger partial charge on any atom is -0.450 e. The Kier molecular flexibility index (Phi) is 7.65. The first-order chi connectivity index (χ1) is 14.0. The highest BCUT2D eigenvalue weighted by atomic mass is 32.2. The molecule has 0 aromatic heterocycles. The molecule has 9 heteroatoms. The minimum atomic E-state index is -3.49. The number of carbonyl (C=O) groups is 1. The number of rotatable bonds is 6. The van der Waals surface area contributed by atoms with Gasteiger partial charge in [-0.15, -0.1) is 0 Å². The van der Waals surface area contributed by atoms with Crippen molar-refractivity contribution in [3.05, 3.63) is 42.0 Å². The molecule has 0 bridgehead atoms. The monoisotopic (exact) mass is 422 g/mol. The van der Waals surface area contributed by atoms with E-state index in [1.54, 1.807) is 16.1 Å². The molecular formula is C20H30N4O4S. The van der Waals surface area contributed by atoms with Gasteiger partial charge in [0.1, 0.15) is 0 Å². The second kappa shape index (κ2) is 10.2. The molecule has 2 heterocycles. The van der Waals surface area contributed by atoms with Crippen molar-refractivity contribution in [1.82, 2.24) is 18.4 Å². The maximum Gasteiger partial charge on any atom is 0.409 e. The average molecular weight is 423 g/mol. The second-order valence-corrected chi connectivity index (χ2v) is 9.03. The van der Waals surface area contributed by atoms with Crippen LogP contribution in [0.25, 0.3) is 6.08 Å². The molecule has 1 amide bonds. The maximum atomic E-state index is 12.9. The molecule has 2 fully saturated rings. The Bertz CT molecular complexity index is 784. The van der Waals surface area contributed by atoms with E-state index in [-0.39, 0.29) is 6.09 Å². The van der Waals surface area contributed by atoms with Crippen molar-refractivity contribution in [2.24, 2.45) is 0 Å². The molecule has 2 saturated heterocycles. The molecule has 0 N–H and O–H groups in total. The summed E-state index contributed by atoms with van der Waals surface area (Å²) in [6.07, 6.45) is 3.84. The zero-order valence-electron chi connectivity index (χ0n) is 16.9. The van der Waals surface area contributed by atoms with Crippen LogP contribution in [-0.4, -0.2) is 98.4 Å². The number of hydrogen-bond acceptors (Lipinski definition) is 5. The van der Waals surface area contributed by atoms with Gasteiger partial charge in [0.25, 0.3) is 10.2 Å². The number of amides is 1. The van der Waals surface area contributed by atoms with Crippen LogP contribution >= 0.6 is 0 Å². The largest absolute Gasteiger partial charge is 0.450 e. The Balaban J connectivity index is 1.45. The van der Waals surface area contributed by atoms with Crippen molar-refractivity contribution < 1.29 is 17.9 Å². The zero-order valence-corrected chi connectivity index (χ0v) is 17.8. The summed E-state index contributed by atoms with van der Waals surface area (Å²) in [6.45, 7) is 6.62. The molecule has 0 radical (unpaired) electrons. The summed E-state index contributed by atoms with van der Waals surface area (Å²) >= 11 is 0. The third kappa shape index (κ3) is 5.79. The molecule has 1 aromatic rings. The Hall–Kier alpha value is -1.94. The van der Waals surface area contributed by atoms with Crippen LogP contribution in [0.2, 0.25) is 0 Å². The number of carbonyl (C=O) groups excluding carboxylic acids is 1. The highest BCUT2D eigenvalue weighted by Gasteiger charge is 2.35. The molecule has 160 valence electrons. The van der Waals surface area contributed by atoms with E-state index in [4.69, 9.17) is 4.74 Å². The summed E-state index contributed by atoms with van der Waals surface area (Å²) in [7, 11) is -3.49. The van der Waals surface area contributed by atoms with Crippen molar-refractivity contribution in [1.29, 1.82) is 0 Å². The van der Waals surface area contributed by atoms with Crippen LogP contribution in [-0.2, 0) is 14.9 Å². The van der Waals surface area contributed by atoms with Crippen LogP contribution in [0.5, 0.6) is 0 Å². The fourth-order valence-electron chi connectivity index (χ4n) is 3.52. The van der Waals surface area contributed by atoms with E-state index in [9.17, 15) is 13.2 Å². The maximum absolute atomic E-state index is 12.9. The molecule has 2 aliphatic heterocycles. The second-order valence-electron chi connectivity index (χ2n) is 7.11. The van der Waals surface area contributed by atoms with Gasteiger partial charge in [-0.3, -0.25) is 4.90 Å². The fraction of sp³-hybridized carbons (Fsp3) is 0.550. The third-order valence-electron chi connectivity index (χ3n) is 5.22. The van der Waals surface area contributed by atoms with Crippen LogP contribution in [0.4, 0.5) is 4.79 Å². The van der Waals surface area contributed by atoms with E-state index >= 15 is 0 Å². The highest BCUT2D eigenvalue weighted by molar-refractivity contribution is 7.86. The van der Waals surface area contributed by atoms with Gasteiger partial charge >= 0.3 is 6.09 Å². The number of hydrogen-bond donors (Lipinski definition) is 0. The van der Waals surface area contributed by atoms with Gasteiger partial charge in [0.05, 0.1) is 6.61 Å². The summed E-state index contributed by atoms with van der Waals surface area (Å²) < 4.78 is 33.9. The fourth-order valence-corrected chi connectivity index (χ4v) is 5.10. The SMILES string of the molecule is CCOC(=O)N1CCN(S(=O)(=O)N2CCN(C/C=C/c3ccccc3)CC2)CC1. The van der Waals surface area contributed by atoms with Gasteiger partial charge in [-0.2, -0.15) is 17.0 Å². The van der Waals surface area contributed by atoms with Crippen LogP contribution in [0.3, 0.4) is 0 Å². The Morgan fingerprint density at radius 1 is 0.966 bits per heavy atom. The van der Waals surface area contributed by atoms with Crippen molar-refractivity contribution in [2.45, 2.75) is 6.92 Å². The number of ether oxygens (including phenoxy) is 1. The van der Waals surface area contributed by atoms with Crippen molar-refractivity contribution in [2.75, 3.05) is 65.5 Å². The van der Waals surface area contributed by atoms with Crippen LogP contribution in [0, 0.1) is 0 Å². The third-order valence-corrected chi connectivity index (χ3v) is 7.26. The van der Waals surface area contributed by atoms with Gasteiger partial charge in [-0.25, -0.2) is 4.79 Å². The molecule has 0 aliphatic carbocycles. The van der Waals surface area contributed by atoms with Crippen molar-refractivity contribution in [3.8, 4) is 0 Å². The Morgan fingerprint density at radius 3 is 2.14 bits per heavy atom. The molecule has 1 aromatic carbocycles. The lowest BCUT2D eigenvalue weighted by molar-refractivity contribution is 0.0917. The lowest BCUT2D eigenvalue weighted by Gasteiger charge is -2.39. The quantitative estimate of drug-likeness (QED) is 0.692. The average Bonchev–Trinajstić information content (AvgIpc) is 2.75. The first-order valence-corrected chi connectivity index (χ1v) is 11.5. The number of piperazine rings is 2. The lowest BCUT2D eigenvalue weighted by Crippen LogP contribution is -2.57. The smallest absolute Gasteiger partial charge is 0.409 e. The van der Waals surface area contributed by atoms with E-state index in [1.807, 2.05) is 18.2 Å². The highest BCUT2D eigenvalue weighted by Crippen LogP contribution is 2.15. The van der Waals surface area contributed by atoms with E-state index < -0.39 is 10.2 Å². The minimum absolute atomic E-state index is 0.307. The summed E-state index contributed by atoms with van der Waals surface area (Å²) in [5.41, 5.74) is 1.16. The number of nitrogens with zero attached hydrogens (tertiary/aromatic N) is 4. The predicted octanol–water partition coefficient (Wildman–Crippen LogP) is 1.34. The van der Waals surface area contributed by atoms with Gasteiger partial charge in [0.15, 0.2) is 0 Å². The van der Waals surface area contributed by atoms with Crippen molar-refractivity contribution in [3.63, 3.8) is 0 Å². The van der Waals surface area contributed by atoms with E-state index in [1.165, 1.54) is 4.31 Å². The predicted molar refractivity (Wildman–Crippen MR) is 113 cm³/mol.